The van der Waals surface area contributed by atoms with Crippen molar-refractivity contribution in [3.63, 3.8) is 0 Å². The predicted molar refractivity (Wildman–Crippen MR) is 81.4 cm³/mol. The quantitative estimate of drug-likeness (QED) is 0.740. The number of nitrogens with zero attached hydrogens (tertiary/aromatic N) is 3. The van der Waals surface area contributed by atoms with Crippen molar-refractivity contribution >= 4 is 10.0 Å². The molecule has 2 heterocycles. The lowest BCUT2D eigenvalue weighted by Gasteiger charge is -2.45. The molecule has 0 radical (unpaired) electrons. The second-order valence-electron chi connectivity index (χ2n) is 6.49. The molecule has 0 amide bonds. The fraction of sp³-hybridized carbons (Fsp3) is 1.00. The summed E-state index contributed by atoms with van der Waals surface area (Å²) in [6, 6.07) is 0. The standard InChI is InChI=1S/C13H28N4O2S/c1-13(2,16-6-4-14-5-7-16)12-15-8-10-17(11-9-15)20(3,18)19/h14H,4-12H2,1-3H3. The van der Waals surface area contributed by atoms with Crippen molar-refractivity contribution in [1.82, 2.24) is 19.4 Å². The van der Waals surface area contributed by atoms with Crippen LogP contribution in [-0.2, 0) is 10.0 Å². The Hall–Kier alpha value is -0.210. The van der Waals surface area contributed by atoms with Crippen molar-refractivity contribution in [2.75, 3.05) is 65.2 Å². The normalized spacial score (nSPS) is 24.9. The Morgan fingerprint density at radius 3 is 2.05 bits per heavy atom. The Kier molecular flexibility index (Phi) is 5.07. The third-order valence-electron chi connectivity index (χ3n) is 4.38. The molecule has 2 rings (SSSR count). The summed E-state index contributed by atoms with van der Waals surface area (Å²) < 4.78 is 24.6. The van der Waals surface area contributed by atoms with E-state index >= 15 is 0 Å². The van der Waals surface area contributed by atoms with Crippen molar-refractivity contribution in [3.8, 4) is 0 Å². The molecule has 2 fully saturated rings. The summed E-state index contributed by atoms with van der Waals surface area (Å²) in [6.07, 6.45) is 1.30. The van der Waals surface area contributed by atoms with Gasteiger partial charge in [-0.05, 0) is 13.8 Å². The van der Waals surface area contributed by atoms with Gasteiger partial charge in [-0.25, -0.2) is 8.42 Å². The minimum absolute atomic E-state index is 0.148. The first-order valence-electron chi connectivity index (χ1n) is 7.42. The molecule has 2 saturated heterocycles. The molecule has 0 bridgehead atoms. The SMILES string of the molecule is CC(C)(CN1CCN(S(C)(=O)=O)CC1)N1CCNCC1. The molecule has 0 saturated carbocycles. The topological polar surface area (TPSA) is 55.9 Å². The minimum Gasteiger partial charge on any atom is -0.314 e. The van der Waals surface area contributed by atoms with Crippen LogP contribution < -0.4 is 5.32 Å². The fourth-order valence-electron chi connectivity index (χ4n) is 3.14. The average molecular weight is 304 g/mol. The summed E-state index contributed by atoms with van der Waals surface area (Å²) in [7, 11) is -3.03. The Bertz CT molecular complexity index is 410. The average Bonchev–Trinajstić information content (AvgIpc) is 2.39. The number of hydrogen-bond donors (Lipinski definition) is 1. The summed E-state index contributed by atoms with van der Waals surface area (Å²) in [4.78, 5) is 4.93. The first kappa shape index (κ1) is 16.2. The van der Waals surface area contributed by atoms with Gasteiger partial charge in [0, 0.05) is 64.4 Å². The molecule has 20 heavy (non-hydrogen) atoms. The Morgan fingerprint density at radius 1 is 1.00 bits per heavy atom. The van der Waals surface area contributed by atoms with Gasteiger partial charge in [0.15, 0.2) is 0 Å². The van der Waals surface area contributed by atoms with Gasteiger partial charge in [0.05, 0.1) is 6.26 Å². The van der Waals surface area contributed by atoms with Gasteiger partial charge >= 0.3 is 0 Å². The molecule has 2 aliphatic heterocycles. The van der Waals surface area contributed by atoms with Gasteiger partial charge in [-0.3, -0.25) is 9.80 Å². The molecule has 6 nitrogen and oxygen atoms in total. The van der Waals surface area contributed by atoms with Crippen LogP contribution in [0, 0.1) is 0 Å². The molecule has 1 N–H and O–H groups in total. The van der Waals surface area contributed by atoms with E-state index in [0.717, 1.165) is 45.8 Å². The van der Waals surface area contributed by atoms with Crippen LogP contribution in [0.4, 0.5) is 0 Å². The maximum Gasteiger partial charge on any atom is 0.211 e. The monoisotopic (exact) mass is 304 g/mol. The van der Waals surface area contributed by atoms with Crippen molar-refractivity contribution in [2.45, 2.75) is 19.4 Å². The van der Waals surface area contributed by atoms with Gasteiger partial charge in [0.2, 0.25) is 10.0 Å². The summed E-state index contributed by atoms with van der Waals surface area (Å²) in [6.45, 7) is 12.8. The van der Waals surface area contributed by atoms with Crippen molar-refractivity contribution in [1.29, 1.82) is 0 Å². The molecule has 118 valence electrons. The first-order chi connectivity index (χ1) is 9.29. The smallest absolute Gasteiger partial charge is 0.211 e. The molecular formula is C13H28N4O2S. The second-order valence-corrected chi connectivity index (χ2v) is 8.47. The van der Waals surface area contributed by atoms with Crippen molar-refractivity contribution < 1.29 is 8.42 Å². The van der Waals surface area contributed by atoms with Gasteiger partial charge in [-0.1, -0.05) is 0 Å². The fourth-order valence-corrected chi connectivity index (χ4v) is 3.96. The van der Waals surface area contributed by atoms with Crippen LogP contribution in [0.1, 0.15) is 13.8 Å². The lowest BCUT2D eigenvalue weighted by molar-refractivity contribution is 0.0519. The summed E-state index contributed by atoms with van der Waals surface area (Å²) in [5.41, 5.74) is 0.148. The number of sulfonamides is 1. The summed E-state index contributed by atoms with van der Waals surface area (Å²) in [5, 5.41) is 3.38. The highest BCUT2D eigenvalue weighted by atomic mass is 32.2. The largest absolute Gasteiger partial charge is 0.314 e. The highest BCUT2D eigenvalue weighted by Crippen LogP contribution is 2.18. The van der Waals surface area contributed by atoms with E-state index in [1.165, 1.54) is 6.26 Å². The first-order valence-corrected chi connectivity index (χ1v) is 9.27. The molecule has 0 aliphatic carbocycles. The van der Waals surface area contributed by atoms with Gasteiger partial charge in [-0.15, -0.1) is 0 Å². The lowest BCUT2D eigenvalue weighted by atomic mass is 10.0. The molecule has 0 atom stereocenters. The zero-order valence-corrected chi connectivity index (χ0v) is 13.7. The maximum atomic E-state index is 11.5. The summed E-state index contributed by atoms with van der Waals surface area (Å²) >= 11 is 0. The minimum atomic E-state index is -3.03. The van der Waals surface area contributed by atoms with E-state index in [1.807, 2.05) is 0 Å². The second kappa shape index (κ2) is 6.27. The number of piperazine rings is 2. The van der Waals surface area contributed by atoms with E-state index < -0.39 is 10.0 Å². The van der Waals surface area contributed by atoms with Crippen LogP contribution in [-0.4, -0.2) is 93.2 Å². The van der Waals surface area contributed by atoms with Crippen molar-refractivity contribution in [3.05, 3.63) is 0 Å². The van der Waals surface area contributed by atoms with Gasteiger partial charge in [-0.2, -0.15) is 4.31 Å². The molecule has 2 aliphatic rings. The molecule has 0 aromatic heterocycles. The summed E-state index contributed by atoms with van der Waals surface area (Å²) in [5.74, 6) is 0. The van der Waals surface area contributed by atoms with Crippen LogP contribution >= 0.6 is 0 Å². The zero-order valence-electron chi connectivity index (χ0n) is 12.9. The van der Waals surface area contributed by atoms with Crippen LogP contribution in [0.5, 0.6) is 0 Å². The molecule has 0 aromatic rings. The van der Waals surface area contributed by atoms with Crippen LogP contribution in [0.2, 0.25) is 0 Å². The predicted octanol–water partition coefficient (Wildman–Crippen LogP) is -0.753. The Balaban J connectivity index is 1.85. The molecular weight excluding hydrogens is 276 g/mol. The molecule has 7 heteroatoms. The number of nitrogens with one attached hydrogen (secondary N) is 1. The van der Waals surface area contributed by atoms with Crippen LogP contribution in [0.3, 0.4) is 0 Å². The van der Waals surface area contributed by atoms with Crippen molar-refractivity contribution in [2.24, 2.45) is 0 Å². The van der Waals surface area contributed by atoms with Gasteiger partial charge in [0.1, 0.15) is 0 Å². The van der Waals surface area contributed by atoms with Crippen LogP contribution in [0.25, 0.3) is 0 Å². The number of hydrogen-bond acceptors (Lipinski definition) is 5. The Morgan fingerprint density at radius 2 is 1.55 bits per heavy atom. The maximum absolute atomic E-state index is 11.5. The van der Waals surface area contributed by atoms with E-state index in [1.54, 1.807) is 4.31 Å². The Labute approximate surface area is 123 Å². The zero-order chi connectivity index (χ0) is 14.8. The third-order valence-corrected chi connectivity index (χ3v) is 5.69. The van der Waals surface area contributed by atoms with E-state index in [4.69, 9.17) is 0 Å². The third kappa shape index (κ3) is 4.14. The lowest BCUT2D eigenvalue weighted by Crippen LogP contribution is -2.59. The van der Waals surface area contributed by atoms with Crippen LogP contribution in [0.15, 0.2) is 0 Å². The van der Waals surface area contributed by atoms with Gasteiger partial charge < -0.3 is 5.32 Å². The molecule has 0 aromatic carbocycles. The van der Waals surface area contributed by atoms with E-state index in [-0.39, 0.29) is 5.54 Å². The van der Waals surface area contributed by atoms with E-state index in [9.17, 15) is 8.42 Å². The number of rotatable bonds is 4. The molecule has 0 spiro atoms. The van der Waals surface area contributed by atoms with E-state index in [2.05, 4.69) is 29.0 Å². The molecule has 0 unspecified atom stereocenters. The highest BCUT2D eigenvalue weighted by Gasteiger charge is 2.32. The van der Waals surface area contributed by atoms with E-state index in [0.29, 0.717) is 13.1 Å². The van der Waals surface area contributed by atoms with Gasteiger partial charge in [0.25, 0.3) is 0 Å². The highest BCUT2D eigenvalue weighted by molar-refractivity contribution is 7.88.